The largest absolute Gasteiger partial charge is 0.229 e. The van der Waals surface area contributed by atoms with Gasteiger partial charge in [-0.1, -0.05) is 0 Å². The smallest absolute Gasteiger partial charge is 0.148 e. The number of hydrogen-bond donors (Lipinski definition) is 0. The Kier molecular flexibility index (Phi) is 2.56. The van der Waals surface area contributed by atoms with Gasteiger partial charge >= 0.3 is 0 Å². The van der Waals surface area contributed by atoms with Crippen molar-refractivity contribution in [3.05, 3.63) is 0 Å². The van der Waals surface area contributed by atoms with Crippen molar-refractivity contribution in [2.45, 2.75) is 6.42 Å². The third-order valence-corrected chi connectivity index (χ3v) is 1.56. The van der Waals surface area contributed by atoms with Crippen LogP contribution < -0.4 is 0 Å². The van der Waals surface area contributed by atoms with E-state index in [0.29, 0.717) is 6.42 Å². The van der Waals surface area contributed by atoms with Gasteiger partial charge in [0.1, 0.15) is 9.84 Å². The van der Waals surface area contributed by atoms with Crippen LogP contribution in [0.1, 0.15) is 6.42 Å². The minimum atomic E-state index is -2.83. The van der Waals surface area contributed by atoms with E-state index in [0.717, 1.165) is 0 Å². The highest BCUT2D eigenvalue weighted by molar-refractivity contribution is 7.90. The second-order valence-electron chi connectivity index (χ2n) is 1.58. The standard InChI is InChI=1S/C5H8O2S/c1-3-4-5-8(2,6)7/h1H,4-5H2,2H3. The van der Waals surface area contributed by atoms with Crippen LogP contribution in [0.15, 0.2) is 0 Å². The molecule has 3 heteroatoms. The molecule has 0 aromatic carbocycles. The van der Waals surface area contributed by atoms with E-state index in [1.807, 2.05) is 0 Å². The van der Waals surface area contributed by atoms with Crippen LogP contribution in [0.25, 0.3) is 0 Å². The molecule has 0 saturated carbocycles. The second kappa shape index (κ2) is 2.73. The van der Waals surface area contributed by atoms with Crippen LogP contribution in [-0.2, 0) is 9.84 Å². The van der Waals surface area contributed by atoms with Crippen LogP contribution in [0.3, 0.4) is 0 Å². The van der Waals surface area contributed by atoms with Crippen LogP contribution in [0.4, 0.5) is 0 Å². The van der Waals surface area contributed by atoms with E-state index in [4.69, 9.17) is 6.42 Å². The summed E-state index contributed by atoms with van der Waals surface area (Å²) in [6.07, 6.45) is 6.31. The number of hydrogen-bond acceptors (Lipinski definition) is 2. The molecule has 46 valence electrons. The van der Waals surface area contributed by atoms with Gasteiger partial charge in [-0.25, -0.2) is 8.42 Å². The summed E-state index contributed by atoms with van der Waals surface area (Å²) in [6.45, 7) is 0. The molecule has 0 spiro atoms. The molecule has 0 heterocycles. The SMILES string of the molecule is C#CCCS(C)(=O)=O. The van der Waals surface area contributed by atoms with E-state index in [1.165, 1.54) is 6.26 Å². The average molecular weight is 132 g/mol. The minimum Gasteiger partial charge on any atom is -0.229 e. The Hall–Kier alpha value is -0.490. The summed E-state index contributed by atoms with van der Waals surface area (Å²) in [6, 6.07) is 0. The van der Waals surface area contributed by atoms with Gasteiger partial charge in [-0.05, 0) is 0 Å². The van der Waals surface area contributed by atoms with Crippen molar-refractivity contribution in [3.8, 4) is 12.3 Å². The molecule has 0 unspecified atom stereocenters. The third kappa shape index (κ3) is 5.51. The summed E-state index contributed by atoms with van der Waals surface area (Å²) >= 11 is 0. The van der Waals surface area contributed by atoms with E-state index in [1.54, 1.807) is 0 Å². The fourth-order valence-electron chi connectivity index (χ4n) is 0.244. The molecule has 0 aliphatic rings. The van der Waals surface area contributed by atoms with Gasteiger partial charge in [-0.15, -0.1) is 12.3 Å². The lowest BCUT2D eigenvalue weighted by molar-refractivity contribution is 0.602. The molecule has 0 aromatic rings. The molecule has 0 radical (unpaired) electrons. The van der Waals surface area contributed by atoms with E-state index in [9.17, 15) is 8.42 Å². The Labute approximate surface area is 49.8 Å². The lowest BCUT2D eigenvalue weighted by atomic mass is 10.5. The van der Waals surface area contributed by atoms with Gasteiger partial charge in [0.05, 0.1) is 5.75 Å². The Balaban J connectivity index is 3.63. The predicted octanol–water partition coefficient (Wildman–Crippen LogP) is 0.0543. The predicted molar refractivity (Wildman–Crippen MR) is 33.2 cm³/mol. The van der Waals surface area contributed by atoms with Crippen molar-refractivity contribution >= 4 is 9.84 Å². The molecule has 0 amide bonds. The van der Waals surface area contributed by atoms with Crippen molar-refractivity contribution in [2.75, 3.05) is 12.0 Å². The Morgan fingerprint density at radius 2 is 2.12 bits per heavy atom. The lowest BCUT2D eigenvalue weighted by Gasteiger charge is -1.87. The summed E-state index contributed by atoms with van der Waals surface area (Å²) in [5.74, 6) is 2.35. The summed E-state index contributed by atoms with van der Waals surface area (Å²) < 4.78 is 20.6. The van der Waals surface area contributed by atoms with Gasteiger partial charge in [0.15, 0.2) is 0 Å². The minimum absolute atomic E-state index is 0.101. The first-order valence-electron chi connectivity index (χ1n) is 2.17. The van der Waals surface area contributed by atoms with Crippen LogP contribution >= 0.6 is 0 Å². The van der Waals surface area contributed by atoms with Gasteiger partial charge in [-0.3, -0.25) is 0 Å². The van der Waals surface area contributed by atoms with Gasteiger partial charge in [-0.2, -0.15) is 0 Å². The molecule has 0 aromatic heterocycles. The highest BCUT2D eigenvalue weighted by Gasteiger charge is 1.96. The number of sulfone groups is 1. The van der Waals surface area contributed by atoms with Gasteiger partial charge in [0.2, 0.25) is 0 Å². The van der Waals surface area contributed by atoms with E-state index in [2.05, 4.69) is 5.92 Å². The first-order chi connectivity index (χ1) is 3.56. The van der Waals surface area contributed by atoms with E-state index < -0.39 is 9.84 Å². The lowest BCUT2D eigenvalue weighted by Crippen LogP contribution is -2.00. The maximum Gasteiger partial charge on any atom is 0.148 e. The molecule has 0 aliphatic heterocycles. The van der Waals surface area contributed by atoms with Crippen molar-refractivity contribution in [1.82, 2.24) is 0 Å². The van der Waals surface area contributed by atoms with Crippen molar-refractivity contribution in [2.24, 2.45) is 0 Å². The highest BCUT2D eigenvalue weighted by Crippen LogP contribution is 1.84. The number of terminal acetylenes is 1. The van der Waals surface area contributed by atoms with Crippen LogP contribution in [-0.4, -0.2) is 20.4 Å². The summed E-state index contributed by atoms with van der Waals surface area (Å²) in [5, 5.41) is 0. The fourth-order valence-corrected chi connectivity index (χ4v) is 0.733. The molecule has 8 heavy (non-hydrogen) atoms. The molecule has 0 N–H and O–H groups in total. The molecular formula is C5H8O2S. The molecule has 0 rings (SSSR count). The zero-order valence-corrected chi connectivity index (χ0v) is 5.53. The van der Waals surface area contributed by atoms with E-state index >= 15 is 0 Å². The zero-order valence-electron chi connectivity index (χ0n) is 4.72. The van der Waals surface area contributed by atoms with Gasteiger partial charge in [0, 0.05) is 12.7 Å². The molecule has 0 aliphatic carbocycles. The van der Waals surface area contributed by atoms with Crippen LogP contribution in [0.2, 0.25) is 0 Å². The van der Waals surface area contributed by atoms with Gasteiger partial charge < -0.3 is 0 Å². The molecule has 0 fully saturated rings. The molecular weight excluding hydrogens is 124 g/mol. The molecule has 2 nitrogen and oxygen atoms in total. The number of rotatable bonds is 2. The first-order valence-corrected chi connectivity index (χ1v) is 4.23. The maximum atomic E-state index is 10.3. The maximum absolute atomic E-state index is 10.3. The van der Waals surface area contributed by atoms with Crippen LogP contribution in [0.5, 0.6) is 0 Å². The first kappa shape index (κ1) is 7.51. The molecule has 0 saturated heterocycles. The van der Waals surface area contributed by atoms with Crippen LogP contribution in [0, 0.1) is 12.3 Å². The molecule has 0 bridgehead atoms. The van der Waals surface area contributed by atoms with Crippen molar-refractivity contribution in [3.63, 3.8) is 0 Å². The summed E-state index contributed by atoms with van der Waals surface area (Å²) in [4.78, 5) is 0. The average Bonchev–Trinajstić information content (AvgIpc) is 1.59. The third-order valence-electron chi connectivity index (χ3n) is 0.617. The van der Waals surface area contributed by atoms with Crippen molar-refractivity contribution in [1.29, 1.82) is 0 Å². The Morgan fingerprint density at radius 3 is 2.25 bits per heavy atom. The Bertz CT molecular complexity index is 183. The zero-order chi connectivity index (χ0) is 6.62. The van der Waals surface area contributed by atoms with E-state index in [-0.39, 0.29) is 5.75 Å². The second-order valence-corrected chi connectivity index (χ2v) is 3.84. The Morgan fingerprint density at radius 1 is 1.62 bits per heavy atom. The monoisotopic (exact) mass is 132 g/mol. The highest BCUT2D eigenvalue weighted by atomic mass is 32.2. The quantitative estimate of drug-likeness (QED) is 0.498. The van der Waals surface area contributed by atoms with Crippen molar-refractivity contribution < 1.29 is 8.42 Å². The summed E-state index contributed by atoms with van der Waals surface area (Å²) in [5.41, 5.74) is 0. The van der Waals surface area contributed by atoms with Gasteiger partial charge in [0.25, 0.3) is 0 Å². The molecule has 0 atom stereocenters. The summed E-state index contributed by atoms with van der Waals surface area (Å²) in [7, 11) is -2.83. The normalized spacial score (nSPS) is 10.5. The topological polar surface area (TPSA) is 34.1 Å². The fraction of sp³-hybridized carbons (Fsp3) is 0.600.